The fraction of sp³-hybridized carbons (Fsp3) is 0.360. The Kier molecular flexibility index (Phi) is 5.81. The Hall–Kier alpha value is -3.68. The number of fused-ring (bicyclic) bond motifs is 1. The minimum Gasteiger partial charge on any atom is -0.497 e. The Morgan fingerprint density at radius 2 is 2.00 bits per heavy atom. The van der Waals surface area contributed by atoms with Crippen molar-refractivity contribution >= 4 is 11.8 Å². The number of methoxy groups -OCH3 is 1. The lowest BCUT2D eigenvalue weighted by Crippen LogP contribution is -2.37. The van der Waals surface area contributed by atoms with Gasteiger partial charge in [-0.15, -0.1) is 0 Å². The van der Waals surface area contributed by atoms with Gasteiger partial charge in [-0.2, -0.15) is 5.10 Å². The second-order valence-corrected chi connectivity index (χ2v) is 8.56. The van der Waals surface area contributed by atoms with Gasteiger partial charge in [0.25, 0.3) is 11.8 Å². The number of amides is 2. The van der Waals surface area contributed by atoms with Gasteiger partial charge >= 0.3 is 0 Å². The van der Waals surface area contributed by atoms with Crippen LogP contribution in [0.1, 0.15) is 50.5 Å². The summed E-state index contributed by atoms with van der Waals surface area (Å²) in [6.07, 6.45) is 6.71. The summed E-state index contributed by atoms with van der Waals surface area (Å²) in [7, 11) is 1.65. The first-order valence-electron chi connectivity index (χ1n) is 11.3. The smallest absolute Gasteiger partial charge is 0.272 e. The van der Waals surface area contributed by atoms with Gasteiger partial charge < -0.3 is 15.0 Å². The molecule has 1 saturated carbocycles. The van der Waals surface area contributed by atoms with Gasteiger partial charge in [-0.05, 0) is 49.1 Å². The van der Waals surface area contributed by atoms with Crippen molar-refractivity contribution in [1.29, 1.82) is 0 Å². The van der Waals surface area contributed by atoms with Gasteiger partial charge in [0.15, 0.2) is 5.69 Å². The molecular formula is C25H27N5O3. The summed E-state index contributed by atoms with van der Waals surface area (Å²) in [5.74, 6) is 0.605. The van der Waals surface area contributed by atoms with Gasteiger partial charge in [0, 0.05) is 49.2 Å². The predicted octanol–water partition coefficient (Wildman–Crippen LogP) is 2.62. The standard InChI is InChI=1S/C25H27N5O3/c1-33-20-8-4-17(5-9-20)10-14-30-22-11-13-29(25(32)18-3-2-12-26-15-18)16-21(22)23(28-30)24(31)27-19-6-7-19/h2-5,8-9,12,15,19H,6-7,10-11,13-14,16H2,1H3,(H,27,31). The van der Waals surface area contributed by atoms with E-state index in [0.717, 1.165) is 36.3 Å². The van der Waals surface area contributed by atoms with Crippen LogP contribution in [0, 0.1) is 0 Å². The number of carbonyl (C=O) groups is 2. The fourth-order valence-corrected chi connectivity index (χ4v) is 4.21. The first-order chi connectivity index (χ1) is 16.1. The Morgan fingerprint density at radius 3 is 2.70 bits per heavy atom. The van der Waals surface area contributed by atoms with Crippen molar-refractivity contribution in [3.05, 3.63) is 76.9 Å². The minimum atomic E-state index is -0.146. The van der Waals surface area contributed by atoms with Crippen molar-refractivity contribution in [2.75, 3.05) is 13.7 Å². The molecule has 8 heteroatoms. The van der Waals surface area contributed by atoms with E-state index in [0.29, 0.717) is 37.3 Å². The maximum Gasteiger partial charge on any atom is 0.272 e. The topological polar surface area (TPSA) is 89.4 Å². The lowest BCUT2D eigenvalue weighted by molar-refractivity contribution is 0.0730. The molecule has 1 aliphatic carbocycles. The Balaban J connectivity index is 1.38. The molecular weight excluding hydrogens is 418 g/mol. The number of aromatic nitrogens is 3. The van der Waals surface area contributed by atoms with E-state index in [1.54, 1.807) is 36.5 Å². The predicted molar refractivity (Wildman–Crippen MR) is 122 cm³/mol. The average molecular weight is 446 g/mol. The van der Waals surface area contributed by atoms with E-state index in [4.69, 9.17) is 9.84 Å². The summed E-state index contributed by atoms with van der Waals surface area (Å²) in [6, 6.07) is 11.8. The number of nitrogens with one attached hydrogen (secondary N) is 1. The highest BCUT2D eigenvalue weighted by Gasteiger charge is 2.32. The average Bonchev–Trinajstić information content (AvgIpc) is 3.60. The van der Waals surface area contributed by atoms with Gasteiger partial charge in [-0.3, -0.25) is 19.3 Å². The monoisotopic (exact) mass is 445 g/mol. The number of pyridine rings is 1. The summed E-state index contributed by atoms with van der Waals surface area (Å²) >= 11 is 0. The van der Waals surface area contributed by atoms with Crippen LogP contribution in [-0.4, -0.2) is 51.2 Å². The minimum absolute atomic E-state index is 0.0757. The van der Waals surface area contributed by atoms with Crippen LogP contribution in [0.25, 0.3) is 0 Å². The van der Waals surface area contributed by atoms with E-state index in [1.807, 2.05) is 28.9 Å². The fourth-order valence-electron chi connectivity index (χ4n) is 4.21. The lowest BCUT2D eigenvalue weighted by atomic mass is 10.0. The van der Waals surface area contributed by atoms with Crippen molar-refractivity contribution in [3.8, 4) is 5.75 Å². The maximum atomic E-state index is 13.0. The third-order valence-electron chi connectivity index (χ3n) is 6.23. The summed E-state index contributed by atoms with van der Waals surface area (Å²) in [5, 5.41) is 7.77. The highest BCUT2D eigenvalue weighted by molar-refractivity contribution is 5.96. The van der Waals surface area contributed by atoms with E-state index >= 15 is 0 Å². The summed E-state index contributed by atoms with van der Waals surface area (Å²) in [4.78, 5) is 31.8. The number of hydrogen-bond acceptors (Lipinski definition) is 5. The summed E-state index contributed by atoms with van der Waals surface area (Å²) in [5.41, 5.74) is 4.06. The van der Waals surface area contributed by atoms with Crippen LogP contribution in [0.4, 0.5) is 0 Å². The van der Waals surface area contributed by atoms with Gasteiger partial charge in [0.1, 0.15) is 5.75 Å². The molecule has 3 aromatic rings. The number of benzene rings is 1. The Labute approximate surface area is 192 Å². The molecule has 1 aromatic carbocycles. The zero-order valence-electron chi connectivity index (χ0n) is 18.7. The van der Waals surface area contributed by atoms with Crippen LogP contribution in [-0.2, 0) is 25.9 Å². The zero-order chi connectivity index (χ0) is 22.8. The molecule has 2 aromatic heterocycles. The number of nitrogens with zero attached hydrogens (tertiary/aromatic N) is 4. The molecule has 0 spiro atoms. The largest absolute Gasteiger partial charge is 0.497 e. The van der Waals surface area contributed by atoms with Gasteiger partial charge in [-0.1, -0.05) is 12.1 Å². The SMILES string of the molecule is COc1ccc(CCn2nc(C(=O)NC3CC3)c3c2CCN(C(=O)c2cccnc2)C3)cc1. The molecule has 33 heavy (non-hydrogen) atoms. The van der Waals surface area contributed by atoms with Crippen molar-refractivity contribution in [2.45, 2.75) is 44.8 Å². The second kappa shape index (κ2) is 9.05. The first kappa shape index (κ1) is 21.2. The van der Waals surface area contributed by atoms with E-state index in [1.165, 1.54) is 5.56 Å². The molecule has 1 aliphatic heterocycles. The molecule has 1 fully saturated rings. The van der Waals surface area contributed by atoms with Crippen molar-refractivity contribution < 1.29 is 14.3 Å². The van der Waals surface area contributed by atoms with Crippen molar-refractivity contribution in [3.63, 3.8) is 0 Å². The van der Waals surface area contributed by atoms with Crippen LogP contribution < -0.4 is 10.1 Å². The summed E-state index contributed by atoms with van der Waals surface area (Å²) in [6.45, 7) is 1.62. The van der Waals surface area contributed by atoms with E-state index in [9.17, 15) is 9.59 Å². The first-order valence-corrected chi connectivity index (χ1v) is 11.3. The van der Waals surface area contributed by atoms with Crippen LogP contribution in [0.2, 0.25) is 0 Å². The highest BCUT2D eigenvalue weighted by atomic mass is 16.5. The molecule has 1 N–H and O–H groups in total. The molecule has 0 saturated heterocycles. The van der Waals surface area contributed by atoms with Crippen LogP contribution in [0.15, 0.2) is 48.8 Å². The Bertz CT molecular complexity index is 1150. The molecule has 2 amide bonds. The van der Waals surface area contributed by atoms with Gasteiger partial charge in [0.05, 0.1) is 19.2 Å². The van der Waals surface area contributed by atoms with Gasteiger partial charge in [-0.25, -0.2) is 0 Å². The molecule has 2 aliphatic rings. The van der Waals surface area contributed by atoms with Crippen molar-refractivity contribution in [1.82, 2.24) is 25.0 Å². The van der Waals surface area contributed by atoms with E-state index in [-0.39, 0.29) is 17.9 Å². The normalized spacial score (nSPS) is 15.1. The van der Waals surface area contributed by atoms with Crippen LogP contribution in [0.5, 0.6) is 5.75 Å². The van der Waals surface area contributed by atoms with Gasteiger partial charge in [0.2, 0.25) is 0 Å². The quantitative estimate of drug-likeness (QED) is 0.604. The highest BCUT2D eigenvalue weighted by Crippen LogP contribution is 2.26. The number of rotatable bonds is 7. The number of hydrogen-bond donors (Lipinski definition) is 1. The molecule has 0 bridgehead atoms. The number of ether oxygens (including phenoxy) is 1. The number of carbonyl (C=O) groups excluding carboxylic acids is 2. The molecule has 8 nitrogen and oxygen atoms in total. The third-order valence-corrected chi connectivity index (χ3v) is 6.23. The lowest BCUT2D eigenvalue weighted by Gasteiger charge is -2.28. The second-order valence-electron chi connectivity index (χ2n) is 8.56. The molecule has 5 rings (SSSR count). The maximum absolute atomic E-state index is 13.0. The van der Waals surface area contributed by atoms with Crippen LogP contribution in [0.3, 0.4) is 0 Å². The third kappa shape index (κ3) is 4.60. The molecule has 3 heterocycles. The zero-order valence-corrected chi connectivity index (χ0v) is 18.7. The molecule has 0 unspecified atom stereocenters. The Morgan fingerprint density at radius 1 is 1.18 bits per heavy atom. The van der Waals surface area contributed by atoms with E-state index in [2.05, 4.69) is 10.3 Å². The molecule has 0 radical (unpaired) electrons. The van der Waals surface area contributed by atoms with Crippen molar-refractivity contribution in [2.24, 2.45) is 0 Å². The van der Waals surface area contributed by atoms with Crippen LogP contribution >= 0.6 is 0 Å². The molecule has 0 atom stereocenters. The molecule has 170 valence electrons. The number of aryl methyl sites for hydroxylation is 2. The van der Waals surface area contributed by atoms with E-state index < -0.39 is 0 Å². The summed E-state index contributed by atoms with van der Waals surface area (Å²) < 4.78 is 7.19.